The van der Waals surface area contributed by atoms with E-state index in [1.54, 1.807) is 46.5 Å². The summed E-state index contributed by atoms with van der Waals surface area (Å²) >= 11 is 0. The number of likely N-dealkylation sites (N-methyl/N-ethyl adjacent to an activating group) is 1. The SMILES string of the molecule is CN(C)c1cc(-n2cccn2)c(O)c2c1C[C@H]1C[C@H]3[C@H](N(C)C)C(=O)C(C(N)=O)=C(O)[C@@]3(O)C(=O)C1=C2O. The van der Waals surface area contributed by atoms with E-state index in [1.807, 2.05) is 4.90 Å². The topological polar surface area (TPSA) is 182 Å². The van der Waals surface area contributed by atoms with Gasteiger partial charge in [-0.25, -0.2) is 4.68 Å². The molecule has 1 aromatic carbocycles. The van der Waals surface area contributed by atoms with E-state index in [0.29, 0.717) is 11.3 Å². The molecule has 0 saturated heterocycles. The first-order valence-electron chi connectivity index (χ1n) is 12.0. The molecule has 5 rings (SSSR count). The maximum absolute atomic E-state index is 14.0. The number of ketones is 2. The number of aliphatic hydroxyl groups excluding tert-OH is 2. The van der Waals surface area contributed by atoms with Crippen LogP contribution < -0.4 is 10.6 Å². The van der Waals surface area contributed by atoms with Crippen molar-refractivity contribution in [1.82, 2.24) is 14.7 Å². The lowest BCUT2D eigenvalue weighted by atomic mass is 9.57. The maximum atomic E-state index is 14.0. The number of phenols is 1. The van der Waals surface area contributed by atoms with Crippen molar-refractivity contribution in [3.05, 3.63) is 52.6 Å². The molecule has 0 spiro atoms. The first kappa shape index (κ1) is 25.5. The molecule has 3 aliphatic carbocycles. The second kappa shape index (κ2) is 8.43. The van der Waals surface area contributed by atoms with Gasteiger partial charge in [-0.3, -0.25) is 19.3 Å². The Balaban J connectivity index is 1.78. The van der Waals surface area contributed by atoms with Gasteiger partial charge in [-0.1, -0.05) is 0 Å². The van der Waals surface area contributed by atoms with E-state index in [-0.39, 0.29) is 35.4 Å². The van der Waals surface area contributed by atoms with E-state index in [4.69, 9.17) is 5.73 Å². The molecular formula is C26H29N5O7. The minimum absolute atomic E-state index is 0.0120. The highest BCUT2D eigenvalue weighted by atomic mass is 16.3. The third-order valence-corrected chi connectivity index (χ3v) is 7.91. The quantitative estimate of drug-likeness (QED) is 0.348. The summed E-state index contributed by atoms with van der Waals surface area (Å²) in [5.74, 6) is -6.85. The van der Waals surface area contributed by atoms with Crippen LogP contribution in [-0.2, 0) is 20.8 Å². The monoisotopic (exact) mass is 523 g/mol. The molecule has 1 heterocycles. The predicted octanol–water partition coefficient (Wildman–Crippen LogP) is 0.216. The average Bonchev–Trinajstić information content (AvgIpc) is 3.35. The van der Waals surface area contributed by atoms with Gasteiger partial charge in [-0.05, 0) is 50.6 Å². The van der Waals surface area contributed by atoms with E-state index in [1.165, 1.54) is 15.8 Å². The summed E-state index contributed by atoms with van der Waals surface area (Å²) in [5.41, 5.74) is 3.17. The number of nitrogens with zero attached hydrogens (tertiary/aromatic N) is 4. The number of hydrogen-bond donors (Lipinski definition) is 5. The van der Waals surface area contributed by atoms with Crippen molar-refractivity contribution < 1.29 is 34.8 Å². The number of aromatic hydroxyl groups is 1. The predicted molar refractivity (Wildman–Crippen MR) is 136 cm³/mol. The highest BCUT2D eigenvalue weighted by molar-refractivity contribution is 6.24. The van der Waals surface area contributed by atoms with Crippen LogP contribution in [0.5, 0.6) is 5.75 Å². The molecule has 12 heteroatoms. The second-order valence-corrected chi connectivity index (χ2v) is 10.4. The summed E-state index contributed by atoms with van der Waals surface area (Å²) in [6.07, 6.45) is 3.37. The maximum Gasteiger partial charge on any atom is 0.255 e. The number of aliphatic hydroxyl groups is 3. The molecule has 3 aliphatic rings. The van der Waals surface area contributed by atoms with Gasteiger partial charge in [0.05, 0.1) is 11.6 Å². The lowest BCUT2D eigenvalue weighted by Gasteiger charge is -2.50. The molecule has 200 valence electrons. The number of anilines is 1. The van der Waals surface area contributed by atoms with Crippen molar-refractivity contribution in [2.24, 2.45) is 17.6 Å². The van der Waals surface area contributed by atoms with Crippen molar-refractivity contribution in [3.63, 3.8) is 0 Å². The van der Waals surface area contributed by atoms with Crippen LogP contribution in [0, 0.1) is 11.8 Å². The standard InChI is InChI=1S/C26H29N5O7/c1-29(2)14-10-15(31-7-5-6-28-31)20(32)17-12(14)8-11-9-13-19(30(3)4)22(34)18(25(27)37)24(36)26(13,38)23(35)16(11)21(17)33/h5-7,10-11,13,19,32-33,36,38H,8-9H2,1-4H3,(H2,27,37)/t11-,13-,19-,26-/m0/s1. The normalized spacial score (nSPS) is 26.8. The van der Waals surface area contributed by atoms with Gasteiger partial charge in [0.25, 0.3) is 5.91 Å². The van der Waals surface area contributed by atoms with Crippen molar-refractivity contribution in [1.29, 1.82) is 0 Å². The summed E-state index contributed by atoms with van der Waals surface area (Å²) in [4.78, 5) is 42.6. The third-order valence-electron chi connectivity index (χ3n) is 7.91. The van der Waals surface area contributed by atoms with E-state index < -0.39 is 58.0 Å². The lowest BCUT2D eigenvalue weighted by Crippen LogP contribution is -2.65. The number of phenolic OH excluding ortho intramolecular Hbond substituents is 1. The van der Waals surface area contributed by atoms with Gasteiger partial charge in [0.1, 0.15) is 22.8 Å². The summed E-state index contributed by atoms with van der Waals surface area (Å²) in [6, 6.07) is 2.26. The van der Waals surface area contributed by atoms with E-state index in [9.17, 15) is 34.8 Å². The number of benzene rings is 1. The van der Waals surface area contributed by atoms with Crippen molar-refractivity contribution >= 4 is 28.9 Å². The van der Waals surface area contributed by atoms with Crippen LogP contribution in [0.3, 0.4) is 0 Å². The van der Waals surface area contributed by atoms with Gasteiger partial charge in [0, 0.05) is 43.7 Å². The number of carbonyl (C=O) groups excluding carboxylic acids is 3. The molecule has 2 aromatic rings. The van der Waals surface area contributed by atoms with E-state index in [2.05, 4.69) is 5.10 Å². The minimum atomic E-state index is -2.68. The lowest BCUT2D eigenvalue weighted by molar-refractivity contribution is -0.153. The van der Waals surface area contributed by atoms with Crippen LogP contribution in [0.15, 0.2) is 41.4 Å². The highest BCUT2D eigenvalue weighted by Gasteiger charge is 2.64. The summed E-state index contributed by atoms with van der Waals surface area (Å²) in [5, 5.41) is 49.6. The number of carbonyl (C=O) groups is 3. The summed E-state index contributed by atoms with van der Waals surface area (Å²) in [7, 11) is 6.73. The minimum Gasteiger partial charge on any atom is -0.508 e. The molecule has 1 fully saturated rings. The van der Waals surface area contributed by atoms with Crippen LogP contribution >= 0.6 is 0 Å². The number of Topliss-reactive ketones (excluding diaryl/α,β-unsaturated/α-hetero) is 2. The molecule has 1 aromatic heterocycles. The van der Waals surface area contributed by atoms with Crippen molar-refractivity contribution in [3.8, 4) is 11.4 Å². The number of nitrogens with two attached hydrogens (primary N) is 1. The Morgan fingerprint density at radius 1 is 1.18 bits per heavy atom. The summed E-state index contributed by atoms with van der Waals surface area (Å²) in [6.45, 7) is 0. The van der Waals surface area contributed by atoms with Gasteiger partial charge >= 0.3 is 0 Å². The molecule has 12 nitrogen and oxygen atoms in total. The van der Waals surface area contributed by atoms with Crippen molar-refractivity contribution in [2.45, 2.75) is 24.5 Å². The number of hydrogen-bond acceptors (Lipinski definition) is 10. The largest absolute Gasteiger partial charge is 0.508 e. The van der Waals surface area contributed by atoms with E-state index >= 15 is 0 Å². The van der Waals surface area contributed by atoms with Gasteiger partial charge in [0.2, 0.25) is 5.78 Å². The van der Waals surface area contributed by atoms with E-state index in [0.717, 1.165) is 0 Å². The van der Waals surface area contributed by atoms with Crippen LogP contribution in [-0.4, -0.2) is 92.4 Å². The Morgan fingerprint density at radius 2 is 1.87 bits per heavy atom. The first-order chi connectivity index (χ1) is 17.8. The number of fused-ring (bicyclic) bond motifs is 3. The fourth-order valence-corrected chi connectivity index (χ4v) is 6.26. The summed E-state index contributed by atoms with van der Waals surface area (Å²) < 4.78 is 1.42. The average molecular weight is 524 g/mol. The molecule has 0 radical (unpaired) electrons. The number of aromatic nitrogens is 2. The van der Waals surface area contributed by atoms with Gasteiger partial charge in [-0.15, -0.1) is 0 Å². The Labute approximate surface area is 217 Å². The molecule has 0 aliphatic heterocycles. The zero-order valence-corrected chi connectivity index (χ0v) is 21.3. The molecule has 4 atom stereocenters. The fraction of sp³-hybridized carbons (Fsp3) is 0.385. The Morgan fingerprint density at radius 3 is 2.42 bits per heavy atom. The molecule has 6 N–H and O–H groups in total. The molecule has 1 saturated carbocycles. The molecular weight excluding hydrogens is 494 g/mol. The molecule has 0 bridgehead atoms. The van der Waals surface area contributed by atoms with Crippen LogP contribution in [0.2, 0.25) is 0 Å². The van der Waals surface area contributed by atoms with Crippen LogP contribution in [0.25, 0.3) is 11.4 Å². The number of rotatable bonds is 4. The Bertz CT molecular complexity index is 1460. The van der Waals surface area contributed by atoms with Crippen LogP contribution in [0.4, 0.5) is 5.69 Å². The molecule has 1 amide bonds. The van der Waals surface area contributed by atoms with Gasteiger partial charge in [-0.2, -0.15) is 5.10 Å². The number of amides is 1. The fourth-order valence-electron chi connectivity index (χ4n) is 6.26. The van der Waals surface area contributed by atoms with Crippen molar-refractivity contribution in [2.75, 3.05) is 33.1 Å². The number of primary amides is 1. The van der Waals surface area contributed by atoms with Crippen LogP contribution in [0.1, 0.15) is 17.5 Å². The Kier molecular flexibility index (Phi) is 5.65. The smallest absolute Gasteiger partial charge is 0.255 e. The molecule has 0 unspecified atom stereocenters. The molecule has 38 heavy (non-hydrogen) atoms. The second-order valence-electron chi connectivity index (χ2n) is 10.4. The van der Waals surface area contributed by atoms with Gasteiger partial charge in [0.15, 0.2) is 17.1 Å². The Hall–Kier alpha value is -4.16. The zero-order valence-electron chi connectivity index (χ0n) is 21.3. The first-order valence-corrected chi connectivity index (χ1v) is 12.0. The zero-order chi connectivity index (χ0) is 27.8. The third kappa shape index (κ3) is 3.23. The van der Waals surface area contributed by atoms with Gasteiger partial charge < -0.3 is 31.1 Å². The highest BCUT2D eigenvalue weighted by Crippen LogP contribution is 2.54.